The second kappa shape index (κ2) is 2.23. The van der Waals surface area contributed by atoms with Gasteiger partial charge in [0, 0.05) is 23.2 Å². The van der Waals surface area contributed by atoms with Crippen LogP contribution in [0.5, 0.6) is 0 Å². The van der Waals surface area contributed by atoms with Gasteiger partial charge in [0.2, 0.25) is 0 Å². The zero-order valence-corrected chi connectivity index (χ0v) is 8.52. The highest BCUT2D eigenvalue weighted by Gasteiger charge is 2.58. The largest absolute Gasteiger partial charge is 0.299 e. The van der Waals surface area contributed by atoms with Gasteiger partial charge in [-0.15, -0.1) is 0 Å². The molecule has 2 heteroatoms. The third kappa shape index (κ3) is 0.946. The molecular formula is C11H16O2. The van der Waals surface area contributed by atoms with Crippen molar-refractivity contribution >= 4 is 11.6 Å². The van der Waals surface area contributed by atoms with Crippen LogP contribution in [-0.4, -0.2) is 11.6 Å². The van der Waals surface area contributed by atoms with E-state index in [4.69, 9.17) is 0 Å². The molecule has 0 aromatic carbocycles. The SMILES string of the molecule is CC12CCC(C(=O)C1)C(C)(C)C2=O. The van der Waals surface area contributed by atoms with Crippen LogP contribution >= 0.6 is 0 Å². The maximum absolute atomic E-state index is 12.0. The predicted octanol–water partition coefficient (Wildman–Crippen LogP) is 1.97. The molecule has 0 radical (unpaired) electrons. The zero-order chi connectivity index (χ0) is 9.85. The van der Waals surface area contributed by atoms with Crippen LogP contribution in [0.2, 0.25) is 0 Å². The maximum Gasteiger partial charge on any atom is 0.145 e. The molecule has 3 aliphatic rings. The topological polar surface area (TPSA) is 34.1 Å². The van der Waals surface area contributed by atoms with E-state index in [-0.39, 0.29) is 11.3 Å². The van der Waals surface area contributed by atoms with Crippen molar-refractivity contribution in [3.05, 3.63) is 0 Å². The summed E-state index contributed by atoms with van der Waals surface area (Å²) < 4.78 is 0. The van der Waals surface area contributed by atoms with E-state index in [1.807, 2.05) is 20.8 Å². The van der Waals surface area contributed by atoms with E-state index in [0.29, 0.717) is 18.0 Å². The number of hydrogen-bond acceptors (Lipinski definition) is 2. The first-order valence-electron chi connectivity index (χ1n) is 4.95. The molecule has 13 heavy (non-hydrogen) atoms. The molecule has 0 aromatic heterocycles. The molecule has 72 valence electrons. The third-order valence-corrected chi connectivity index (χ3v) is 3.94. The standard InChI is InChI=1S/C11H16O2/c1-10(2)7-4-5-11(3,9(10)13)6-8(7)12/h7H,4-6H2,1-3H3. The van der Waals surface area contributed by atoms with E-state index < -0.39 is 5.41 Å². The van der Waals surface area contributed by atoms with Gasteiger partial charge in [0.15, 0.2) is 0 Å². The van der Waals surface area contributed by atoms with Gasteiger partial charge in [0.05, 0.1) is 0 Å². The summed E-state index contributed by atoms with van der Waals surface area (Å²) in [6, 6.07) is 0. The van der Waals surface area contributed by atoms with Crippen LogP contribution in [-0.2, 0) is 9.59 Å². The van der Waals surface area contributed by atoms with Crippen LogP contribution in [0.1, 0.15) is 40.0 Å². The van der Waals surface area contributed by atoms with E-state index in [0.717, 1.165) is 12.8 Å². The van der Waals surface area contributed by atoms with Gasteiger partial charge in [-0.1, -0.05) is 20.8 Å². The molecule has 0 N–H and O–H groups in total. The van der Waals surface area contributed by atoms with Crippen LogP contribution in [0, 0.1) is 16.7 Å². The fourth-order valence-corrected chi connectivity index (χ4v) is 3.11. The summed E-state index contributed by atoms with van der Waals surface area (Å²) >= 11 is 0. The van der Waals surface area contributed by atoms with Crippen molar-refractivity contribution in [1.29, 1.82) is 0 Å². The van der Waals surface area contributed by atoms with E-state index in [9.17, 15) is 9.59 Å². The molecular weight excluding hydrogens is 164 g/mol. The first-order valence-corrected chi connectivity index (χ1v) is 4.95. The van der Waals surface area contributed by atoms with E-state index in [1.165, 1.54) is 0 Å². The van der Waals surface area contributed by atoms with Crippen molar-refractivity contribution in [3.8, 4) is 0 Å². The Morgan fingerprint density at radius 1 is 1.23 bits per heavy atom. The minimum Gasteiger partial charge on any atom is -0.299 e. The molecule has 3 rings (SSSR count). The van der Waals surface area contributed by atoms with Crippen LogP contribution in [0.3, 0.4) is 0 Å². The predicted molar refractivity (Wildman–Crippen MR) is 49.2 cm³/mol. The quantitative estimate of drug-likeness (QED) is 0.571. The summed E-state index contributed by atoms with van der Waals surface area (Å²) in [7, 11) is 0. The highest BCUT2D eigenvalue weighted by atomic mass is 16.1. The average molecular weight is 180 g/mol. The van der Waals surface area contributed by atoms with Gasteiger partial charge in [-0.2, -0.15) is 0 Å². The number of ketones is 2. The summed E-state index contributed by atoms with van der Waals surface area (Å²) in [5, 5.41) is 0. The second-order valence-corrected chi connectivity index (χ2v) is 5.35. The molecule has 3 aliphatic carbocycles. The van der Waals surface area contributed by atoms with Gasteiger partial charge in [-0.3, -0.25) is 9.59 Å². The smallest absolute Gasteiger partial charge is 0.145 e. The summed E-state index contributed by atoms with van der Waals surface area (Å²) in [6.45, 7) is 5.80. The third-order valence-electron chi connectivity index (χ3n) is 3.94. The Labute approximate surface area is 78.7 Å². The van der Waals surface area contributed by atoms with Crippen molar-refractivity contribution in [2.24, 2.45) is 16.7 Å². The molecule has 0 heterocycles. The van der Waals surface area contributed by atoms with Gasteiger partial charge < -0.3 is 0 Å². The lowest BCUT2D eigenvalue weighted by Crippen LogP contribution is -2.56. The van der Waals surface area contributed by atoms with E-state index >= 15 is 0 Å². The highest BCUT2D eigenvalue weighted by Crippen LogP contribution is 2.54. The Kier molecular flexibility index (Phi) is 1.53. The van der Waals surface area contributed by atoms with Gasteiger partial charge in [-0.25, -0.2) is 0 Å². The molecule has 0 aliphatic heterocycles. The van der Waals surface area contributed by atoms with E-state index in [1.54, 1.807) is 0 Å². The molecule has 3 saturated carbocycles. The summed E-state index contributed by atoms with van der Waals surface area (Å²) in [4.78, 5) is 23.7. The molecule has 3 fully saturated rings. The van der Waals surface area contributed by atoms with Crippen LogP contribution in [0.15, 0.2) is 0 Å². The number of carbonyl (C=O) groups excluding carboxylic acids is 2. The van der Waals surface area contributed by atoms with Gasteiger partial charge >= 0.3 is 0 Å². The Bertz CT molecular complexity index is 284. The first kappa shape index (κ1) is 8.92. The minimum atomic E-state index is -0.400. The van der Waals surface area contributed by atoms with Gasteiger partial charge in [0.1, 0.15) is 11.6 Å². The van der Waals surface area contributed by atoms with Crippen LogP contribution < -0.4 is 0 Å². The molecule has 0 spiro atoms. The lowest BCUT2D eigenvalue weighted by atomic mass is 9.50. The highest BCUT2D eigenvalue weighted by molar-refractivity contribution is 6.03. The zero-order valence-electron chi connectivity index (χ0n) is 8.52. The monoisotopic (exact) mass is 180 g/mol. The number of fused-ring (bicyclic) bond motifs is 3. The Balaban J connectivity index is 2.48. The summed E-state index contributed by atoms with van der Waals surface area (Å²) in [5.74, 6) is 0.607. The fourth-order valence-electron chi connectivity index (χ4n) is 3.11. The van der Waals surface area contributed by atoms with Gasteiger partial charge in [-0.05, 0) is 12.8 Å². The molecule has 2 unspecified atom stereocenters. The molecule has 2 atom stereocenters. The average Bonchev–Trinajstić information content (AvgIpc) is 1.99. The van der Waals surface area contributed by atoms with E-state index in [2.05, 4.69) is 0 Å². The summed E-state index contributed by atoms with van der Waals surface area (Å²) in [6.07, 6.45) is 2.31. The first-order chi connectivity index (χ1) is 5.88. The van der Waals surface area contributed by atoms with Crippen LogP contribution in [0.4, 0.5) is 0 Å². The van der Waals surface area contributed by atoms with Crippen molar-refractivity contribution in [3.63, 3.8) is 0 Å². The normalized spacial score (nSPS) is 42.5. The fraction of sp³-hybridized carbons (Fsp3) is 0.818. The molecule has 0 amide bonds. The van der Waals surface area contributed by atoms with Crippen molar-refractivity contribution in [1.82, 2.24) is 0 Å². The number of carbonyl (C=O) groups is 2. The van der Waals surface area contributed by atoms with Crippen LogP contribution in [0.25, 0.3) is 0 Å². The lowest BCUT2D eigenvalue weighted by molar-refractivity contribution is -0.161. The minimum absolute atomic E-state index is 0.00169. The Morgan fingerprint density at radius 3 is 2.31 bits per heavy atom. The maximum atomic E-state index is 12.0. The molecule has 0 aromatic rings. The summed E-state index contributed by atoms with van der Waals surface area (Å²) in [5.41, 5.74) is -0.738. The Morgan fingerprint density at radius 2 is 1.85 bits per heavy atom. The number of hydrogen-bond donors (Lipinski definition) is 0. The van der Waals surface area contributed by atoms with Crippen molar-refractivity contribution in [2.75, 3.05) is 0 Å². The lowest BCUT2D eigenvalue weighted by Gasteiger charge is -2.50. The number of rotatable bonds is 0. The molecule has 0 saturated heterocycles. The molecule has 2 nitrogen and oxygen atoms in total. The van der Waals surface area contributed by atoms with Gasteiger partial charge in [0.25, 0.3) is 0 Å². The Hall–Kier alpha value is -0.660. The number of Topliss-reactive ketones (excluding diaryl/α,β-unsaturated/α-hetero) is 2. The van der Waals surface area contributed by atoms with Crippen molar-refractivity contribution < 1.29 is 9.59 Å². The molecule has 2 bridgehead atoms. The second-order valence-electron chi connectivity index (χ2n) is 5.35. The van der Waals surface area contributed by atoms with Crippen molar-refractivity contribution in [2.45, 2.75) is 40.0 Å².